The molecule has 0 radical (unpaired) electrons. The van der Waals surface area contributed by atoms with E-state index in [4.69, 9.17) is 100 Å². The van der Waals surface area contributed by atoms with Crippen molar-refractivity contribution >= 4 is 182 Å². The number of H-pyrrole nitrogens is 5. The molecule has 664 valence electrons. The first kappa shape index (κ1) is 91.2. The maximum atomic E-state index is 13.9. The summed E-state index contributed by atoms with van der Waals surface area (Å²) in [7, 11) is 1.43. The molecule has 5 atom stereocenters. The van der Waals surface area contributed by atoms with E-state index in [1.165, 1.54) is 58.0 Å². The lowest BCUT2D eigenvalue weighted by molar-refractivity contribution is -0.130. The number of amides is 5. The Balaban J connectivity index is 0.000000118. The monoisotopic (exact) mass is 1930 g/mol. The van der Waals surface area contributed by atoms with Crippen LogP contribution in [0.4, 0.5) is 23.6 Å². The van der Waals surface area contributed by atoms with Crippen LogP contribution in [0.3, 0.4) is 0 Å². The zero-order valence-electron chi connectivity index (χ0n) is 71.5. The number of benzene rings is 10. The first-order chi connectivity index (χ1) is 62.4. The molecule has 5 N–H and O–H groups in total. The van der Waals surface area contributed by atoms with Crippen LogP contribution in [0, 0.1) is 19.7 Å². The third kappa shape index (κ3) is 19.4. The fourth-order valence-corrected chi connectivity index (χ4v) is 19.8. The summed E-state index contributed by atoms with van der Waals surface area (Å²) in [6.45, 7) is 13.4. The Morgan fingerprint density at radius 1 is 0.372 bits per heavy atom. The van der Waals surface area contributed by atoms with Gasteiger partial charge in [0.25, 0.3) is 0 Å². The molecule has 5 aliphatic rings. The standard InChI is InChI=1S/2C21H20Cl2N2O2.C20H18ClFN2O2.C20H19ClN2O2.C19H16BrClN2O/c1-13-2-4-14(5-3-13)20-19-16(8-10-25(20)21(26)27-11-9-22)17-12-15(23)6-7-18(17)24-19;1-2-11-27-21(26)25-10-9-16-17-12-15(23)7-8-18(17)24-19(16)20(25)13-3-5-14(22)6-4-13;1-2-26-20(25)24-9-8-15-16-11-13(21)6-7-17(16)23-18(15)19(24)12-4-3-5-14(22)10-12;1-12-3-5-13(6-4-12)19-18-15(9-10-23(19)20(24)25-2)16-11-14(21)7-8-17(16)22-18;1-11(24)23-9-8-15-16-10-13(20)4-7-17(16)22-18(15)19(23)12-2-5-14(21)6-3-12/h2-7,12,20,24H,8-11H2,1H3;3-8,12,20,24H,2,9-11H2,1H3;3-7,10-11,19,23H,2,8-9H2,1H3;3-8,11,19,22H,9-10H2,1-2H3;2-7,10,19,22H,8-9H2,1H3. The van der Waals surface area contributed by atoms with Gasteiger partial charge >= 0.3 is 24.4 Å². The maximum absolute atomic E-state index is 13.9. The van der Waals surface area contributed by atoms with Crippen LogP contribution in [-0.2, 0) is 55.8 Å². The Bertz CT molecular complexity index is 6520. The number of aromatic nitrogens is 5. The average molecular weight is 1940 g/mol. The van der Waals surface area contributed by atoms with Crippen molar-refractivity contribution in [2.24, 2.45) is 0 Å². The van der Waals surface area contributed by atoms with Crippen LogP contribution in [0.5, 0.6) is 0 Å². The van der Waals surface area contributed by atoms with Crippen molar-refractivity contribution in [2.75, 3.05) is 65.5 Å². The number of nitrogens with zero attached hydrogens (tertiary/aromatic N) is 5. The molecule has 0 aliphatic carbocycles. The van der Waals surface area contributed by atoms with Crippen LogP contribution in [0.25, 0.3) is 54.5 Å². The molecule has 0 bridgehead atoms. The highest BCUT2D eigenvalue weighted by Gasteiger charge is 2.41. The summed E-state index contributed by atoms with van der Waals surface area (Å²) in [4.78, 5) is 88.9. The second-order valence-corrected chi connectivity index (χ2v) is 36.3. The molecule has 0 spiro atoms. The van der Waals surface area contributed by atoms with Crippen LogP contribution >= 0.6 is 97.1 Å². The minimum Gasteiger partial charge on any atom is -0.453 e. The molecule has 10 heterocycles. The van der Waals surface area contributed by atoms with Crippen molar-refractivity contribution in [3.63, 3.8) is 0 Å². The highest BCUT2D eigenvalue weighted by Crippen LogP contribution is 2.47. The number of fused-ring (bicyclic) bond motifs is 15. The average Bonchev–Trinajstić information content (AvgIpc) is 1.64. The van der Waals surface area contributed by atoms with Crippen molar-refractivity contribution in [3.8, 4) is 0 Å². The van der Waals surface area contributed by atoms with Gasteiger partial charge in [-0.1, -0.05) is 189 Å². The van der Waals surface area contributed by atoms with Crippen LogP contribution in [0.15, 0.2) is 217 Å². The van der Waals surface area contributed by atoms with Gasteiger partial charge in [-0.05, 0) is 242 Å². The van der Waals surface area contributed by atoms with Gasteiger partial charge in [-0.15, -0.1) is 11.6 Å². The number of carbonyl (C=O) groups is 5. The summed E-state index contributed by atoms with van der Waals surface area (Å²) in [6.07, 6.45) is 3.25. The van der Waals surface area contributed by atoms with Gasteiger partial charge in [-0.25, -0.2) is 23.6 Å². The Morgan fingerprint density at radius 3 is 1.01 bits per heavy atom. The number of methoxy groups -OCH3 is 1. The first-order valence-corrected chi connectivity index (χ1v) is 46.3. The number of alkyl halides is 1. The number of hydrogen-bond acceptors (Lipinski definition) is 9. The van der Waals surface area contributed by atoms with Crippen molar-refractivity contribution in [2.45, 2.75) is 103 Å². The number of carbonyl (C=O) groups excluding carboxylic acids is 5. The van der Waals surface area contributed by atoms with E-state index in [0.717, 1.165) is 154 Å². The zero-order valence-corrected chi connectivity index (χ0v) is 78.4. The largest absolute Gasteiger partial charge is 0.453 e. The van der Waals surface area contributed by atoms with Crippen molar-refractivity contribution in [1.29, 1.82) is 0 Å². The molecule has 5 amide bonds. The molecule has 19 nitrogen and oxygen atoms in total. The van der Waals surface area contributed by atoms with Gasteiger partial charge in [-0.2, -0.15) is 0 Å². The van der Waals surface area contributed by atoms with Gasteiger partial charge < -0.3 is 48.8 Å². The maximum Gasteiger partial charge on any atom is 0.410 e. The molecule has 0 saturated heterocycles. The third-order valence-corrected chi connectivity index (χ3v) is 26.4. The smallest absolute Gasteiger partial charge is 0.410 e. The molecular weight excluding hydrogens is 1840 g/mol. The van der Waals surface area contributed by atoms with Gasteiger partial charge in [0, 0.05) is 157 Å². The number of nitrogens with one attached hydrogen (secondary N) is 5. The van der Waals surface area contributed by atoms with Crippen LogP contribution in [0.1, 0.15) is 153 Å². The normalized spacial score (nSPS) is 16.6. The highest BCUT2D eigenvalue weighted by molar-refractivity contribution is 9.10. The summed E-state index contributed by atoms with van der Waals surface area (Å²) >= 11 is 46.1. The predicted molar refractivity (Wildman–Crippen MR) is 516 cm³/mol. The minimum absolute atomic E-state index is 0.0837. The van der Waals surface area contributed by atoms with E-state index >= 15 is 0 Å². The van der Waals surface area contributed by atoms with E-state index < -0.39 is 12.1 Å². The number of hydrogen-bond donors (Lipinski definition) is 5. The number of ether oxygens (including phenoxy) is 4. The third-order valence-electron chi connectivity index (χ3n) is 24.3. The summed E-state index contributed by atoms with van der Waals surface area (Å²) < 4.78 is 36.0. The molecule has 5 unspecified atom stereocenters. The van der Waals surface area contributed by atoms with E-state index in [1.54, 1.807) is 39.5 Å². The molecule has 0 saturated carbocycles. The van der Waals surface area contributed by atoms with Crippen LogP contribution in [-0.4, -0.2) is 145 Å². The molecular formula is C101H93BrCl7FN10O9. The number of rotatable bonds is 10. The lowest BCUT2D eigenvalue weighted by Crippen LogP contribution is -2.41. The van der Waals surface area contributed by atoms with Gasteiger partial charge in [0.1, 0.15) is 36.6 Å². The van der Waals surface area contributed by atoms with Crippen molar-refractivity contribution in [3.05, 3.63) is 348 Å². The Hall–Kier alpha value is -11.1. The van der Waals surface area contributed by atoms with E-state index in [1.807, 2.05) is 152 Å². The topological polar surface area (TPSA) is 217 Å². The molecule has 10 aromatic carbocycles. The van der Waals surface area contributed by atoms with E-state index in [-0.39, 0.29) is 66.7 Å². The highest BCUT2D eigenvalue weighted by atomic mass is 79.9. The molecule has 129 heavy (non-hydrogen) atoms. The lowest BCUT2D eigenvalue weighted by atomic mass is 9.92. The SMILES string of the molecule is CC(=O)N1CCc2c([nH]c3ccc(Br)cc23)C1c1ccc(Cl)cc1.CCCOC(=O)N1CCc2c([nH]c3ccc(Cl)cc23)C1c1ccc(Cl)cc1.CCOC(=O)N1CCc2c([nH]c3ccc(Cl)cc23)C1c1cccc(F)c1.COC(=O)N1CCc2c([nH]c3ccc(Cl)cc23)C1c1ccc(C)cc1.Cc1ccc(C2c3[nH]c4ccc(Cl)cc4c3CCN2C(=O)OCCCl)cc1. The number of aryl methyl sites for hydroxylation is 2. The molecule has 5 aromatic heterocycles. The number of aromatic amines is 5. The van der Waals surface area contributed by atoms with Crippen molar-refractivity contribution in [1.82, 2.24) is 49.4 Å². The molecule has 0 fully saturated rings. The Morgan fingerprint density at radius 2 is 0.674 bits per heavy atom. The van der Waals surface area contributed by atoms with Gasteiger partial charge in [0.05, 0.1) is 32.2 Å². The van der Waals surface area contributed by atoms with Crippen LogP contribution < -0.4 is 0 Å². The summed E-state index contributed by atoms with van der Waals surface area (Å²) in [5, 5.41) is 9.77. The van der Waals surface area contributed by atoms with E-state index in [9.17, 15) is 28.4 Å². The molecule has 20 rings (SSSR count). The lowest BCUT2D eigenvalue weighted by Gasteiger charge is -2.35. The van der Waals surface area contributed by atoms with Crippen LogP contribution in [0.2, 0.25) is 30.1 Å². The van der Waals surface area contributed by atoms with E-state index in [0.29, 0.717) is 76.5 Å². The van der Waals surface area contributed by atoms with Gasteiger partial charge in [-0.3, -0.25) is 24.4 Å². The fourth-order valence-electron chi connectivity index (χ4n) is 18.4. The molecule has 28 heteroatoms. The fraction of sp³-hybridized carbons (Fsp3) is 0.257. The molecule has 5 aliphatic heterocycles. The van der Waals surface area contributed by atoms with Gasteiger partial charge in [0.2, 0.25) is 5.91 Å². The minimum atomic E-state index is -0.431. The number of halogens is 9. The first-order valence-electron chi connectivity index (χ1n) is 42.7. The Labute approximate surface area is 789 Å². The summed E-state index contributed by atoms with van der Waals surface area (Å²) in [5.74, 6) is 0.0308. The second kappa shape index (κ2) is 40.1. The Kier molecular flexibility index (Phi) is 28.3. The van der Waals surface area contributed by atoms with E-state index in [2.05, 4.69) is 108 Å². The van der Waals surface area contributed by atoms with Crippen molar-refractivity contribution < 1.29 is 47.3 Å². The van der Waals surface area contributed by atoms with Gasteiger partial charge in [0.15, 0.2) is 0 Å². The second-order valence-electron chi connectivity index (χ2n) is 32.4. The quantitative estimate of drug-likeness (QED) is 0.0649. The summed E-state index contributed by atoms with van der Waals surface area (Å²) in [6, 6.07) is 66.5. The predicted octanol–water partition coefficient (Wildman–Crippen LogP) is 26.4. The molecule has 15 aromatic rings. The summed E-state index contributed by atoms with van der Waals surface area (Å²) in [5.41, 5.74) is 23.5. The zero-order chi connectivity index (χ0) is 90.6.